The van der Waals surface area contributed by atoms with E-state index in [0.717, 1.165) is 12.1 Å². The molecule has 1 N–H and O–H groups in total. The van der Waals surface area contributed by atoms with Crippen LogP contribution in [0.15, 0.2) is 23.1 Å². The molecule has 1 aliphatic rings. The number of benzene rings is 1. The third-order valence-corrected chi connectivity index (χ3v) is 6.21. The molecule has 1 aromatic rings. The fourth-order valence-corrected chi connectivity index (χ4v) is 4.63. The highest BCUT2D eigenvalue weighted by molar-refractivity contribution is 7.89. The average Bonchev–Trinajstić information content (AvgIpc) is 2.65. The van der Waals surface area contributed by atoms with Gasteiger partial charge in [-0.2, -0.15) is 4.31 Å². The highest BCUT2D eigenvalue weighted by Crippen LogP contribution is 2.30. The molecule has 9 heteroatoms. The van der Waals surface area contributed by atoms with Crippen molar-refractivity contribution in [2.45, 2.75) is 24.2 Å². The molecular weight excluding hydrogens is 363 g/mol. The third-order valence-electron chi connectivity index (χ3n) is 4.32. The summed E-state index contributed by atoms with van der Waals surface area (Å²) in [5.41, 5.74) is 0. The van der Waals surface area contributed by atoms with Crippen molar-refractivity contribution in [1.82, 2.24) is 9.62 Å². The van der Waals surface area contributed by atoms with Gasteiger partial charge < -0.3 is 14.8 Å². The molecule has 1 heterocycles. The molecular formula is C17H25FN2O5S. The molecule has 7 nitrogen and oxygen atoms in total. The number of amides is 1. The van der Waals surface area contributed by atoms with Gasteiger partial charge in [0.15, 0.2) is 0 Å². The van der Waals surface area contributed by atoms with Gasteiger partial charge >= 0.3 is 0 Å². The van der Waals surface area contributed by atoms with Gasteiger partial charge in [-0.3, -0.25) is 4.79 Å². The molecule has 1 amide bonds. The summed E-state index contributed by atoms with van der Waals surface area (Å²) < 4.78 is 50.6. The molecule has 0 unspecified atom stereocenters. The van der Waals surface area contributed by atoms with Crippen molar-refractivity contribution in [1.29, 1.82) is 0 Å². The third kappa shape index (κ3) is 4.93. The molecule has 1 fully saturated rings. The first kappa shape index (κ1) is 20.6. The Labute approximate surface area is 153 Å². The van der Waals surface area contributed by atoms with Crippen LogP contribution in [0.25, 0.3) is 0 Å². The Morgan fingerprint density at radius 1 is 1.38 bits per heavy atom. The van der Waals surface area contributed by atoms with Crippen LogP contribution in [0, 0.1) is 11.7 Å². The van der Waals surface area contributed by atoms with E-state index in [0.29, 0.717) is 32.4 Å². The number of hydrogen-bond acceptors (Lipinski definition) is 5. The van der Waals surface area contributed by atoms with Crippen molar-refractivity contribution < 1.29 is 27.1 Å². The van der Waals surface area contributed by atoms with Gasteiger partial charge in [0.25, 0.3) is 0 Å². The lowest BCUT2D eigenvalue weighted by molar-refractivity contribution is -0.126. The minimum Gasteiger partial charge on any atom is -0.495 e. The van der Waals surface area contributed by atoms with E-state index >= 15 is 0 Å². The number of halogens is 1. The Balaban J connectivity index is 2.10. The molecule has 0 spiro atoms. The number of carbonyl (C=O) groups excluding carboxylic acids is 1. The average molecular weight is 388 g/mol. The van der Waals surface area contributed by atoms with Crippen LogP contribution in [-0.4, -0.2) is 59.1 Å². The van der Waals surface area contributed by atoms with E-state index in [1.54, 1.807) is 7.11 Å². The van der Waals surface area contributed by atoms with Crippen molar-refractivity contribution >= 4 is 15.9 Å². The van der Waals surface area contributed by atoms with Gasteiger partial charge in [0, 0.05) is 33.4 Å². The van der Waals surface area contributed by atoms with E-state index in [-0.39, 0.29) is 29.6 Å². The first-order valence-corrected chi connectivity index (χ1v) is 9.94. The Morgan fingerprint density at radius 3 is 2.85 bits per heavy atom. The molecule has 1 atom stereocenters. The van der Waals surface area contributed by atoms with E-state index in [1.165, 1.54) is 17.5 Å². The number of nitrogens with zero attached hydrogens (tertiary/aromatic N) is 1. The second-order valence-corrected chi connectivity index (χ2v) is 8.04. The summed E-state index contributed by atoms with van der Waals surface area (Å²) in [5.74, 6) is -1.18. The zero-order valence-electron chi connectivity index (χ0n) is 15.0. The lowest BCUT2D eigenvalue weighted by Gasteiger charge is -2.31. The number of carbonyl (C=O) groups is 1. The number of piperidine rings is 1. The smallest absolute Gasteiger partial charge is 0.246 e. The van der Waals surface area contributed by atoms with Crippen LogP contribution < -0.4 is 10.1 Å². The SMILES string of the molecule is COCCCNC(=O)[C@H]1CCCN(S(=O)(=O)c2cc(F)ccc2OC)C1. The molecule has 1 aromatic carbocycles. The summed E-state index contributed by atoms with van der Waals surface area (Å²) >= 11 is 0. The predicted molar refractivity (Wildman–Crippen MR) is 93.9 cm³/mol. The number of hydrogen-bond donors (Lipinski definition) is 1. The molecule has 0 radical (unpaired) electrons. The van der Waals surface area contributed by atoms with Gasteiger partial charge in [0.1, 0.15) is 16.5 Å². The zero-order valence-corrected chi connectivity index (χ0v) is 15.9. The molecule has 1 aliphatic heterocycles. The molecule has 0 aliphatic carbocycles. The Hall–Kier alpha value is -1.71. The van der Waals surface area contributed by atoms with Crippen LogP contribution in [0.1, 0.15) is 19.3 Å². The zero-order chi connectivity index (χ0) is 19.2. The first-order valence-electron chi connectivity index (χ1n) is 8.50. The summed E-state index contributed by atoms with van der Waals surface area (Å²) in [6.45, 7) is 1.38. The van der Waals surface area contributed by atoms with Crippen LogP contribution in [-0.2, 0) is 19.6 Å². The summed E-state index contributed by atoms with van der Waals surface area (Å²) in [4.78, 5) is 12.1. The fraction of sp³-hybridized carbons (Fsp3) is 0.588. The predicted octanol–water partition coefficient (Wildman–Crippen LogP) is 1.39. The van der Waals surface area contributed by atoms with Crippen molar-refractivity contribution in [3.8, 4) is 5.75 Å². The normalized spacial score (nSPS) is 18.5. The maximum atomic E-state index is 13.6. The van der Waals surface area contributed by atoms with Gasteiger partial charge in [0.05, 0.1) is 13.0 Å². The topological polar surface area (TPSA) is 84.9 Å². The van der Waals surface area contributed by atoms with E-state index < -0.39 is 21.8 Å². The highest BCUT2D eigenvalue weighted by atomic mass is 32.2. The lowest BCUT2D eigenvalue weighted by Crippen LogP contribution is -2.45. The van der Waals surface area contributed by atoms with Gasteiger partial charge in [-0.25, -0.2) is 12.8 Å². The molecule has 26 heavy (non-hydrogen) atoms. The van der Waals surface area contributed by atoms with Crippen LogP contribution >= 0.6 is 0 Å². The first-order chi connectivity index (χ1) is 12.4. The Bertz CT molecular complexity index is 726. The van der Waals surface area contributed by atoms with Crippen LogP contribution in [0.4, 0.5) is 4.39 Å². The largest absolute Gasteiger partial charge is 0.495 e. The molecule has 2 rings (SSSR count). The van der Waals surface area contributed by atoms with Crippen molar-refractivity contribution in [2.75, 3.05) is 40.5 Å². The van der Waals surface area contributed by atoms with Gasteiger partial charge in [-0.05, 0) is 37.5 Å². The lowest BCUT2D eigenvalue weighted by atomic mass is 9.99. The molecule has 0 aromatic heterocycles. The molecule has 0 saturated carbocycles. The maximum Gasteiger partial charge on any atom is 0.246 e. The number of rotatable bonds is 8. The Morgan fingerprint density at radius 2 is 2.15 bits per heavy atom. The monoisotopic (exact) mass is 388 g/mol. The maximum absolute atomic E-state index is 13.6. The summed E-state index contributed by atoms with van der Waals surface area (Å²) in [7, 11) is -1.03. The van der Waals surface area contributed by atoms with Crippen LogP contribution in [0.5, 0.6) is 5.75 Å². The second-order valence-electron chi connectivity index (χ2n) is 6.13. The van der Waals surface area contributed by atoms with Crippen molar-refractivity contribution in [2.24, 2.45) is 5.92 Å². The second kappa shape index (κ2) is 9.29. The highest BCUT2D eigenvalue weighted by Gasteiger charge is 2.34. The van der Waals surface area contributed by atoms with E-state index in [1.807, 2.05) is 0 Å². The molecule has 1 saturated heterocycles. The summed E-state index contributed by atoms with van der Waals surface area (Å²) in [6.07, 6.45) is 1.87. The number of ether oxygens (including phenoxy) is 2. The van der Waals surface area contributed by atoms with Crippen LogP contribution in [0.3, 0.4) is 0 Å². The number of nitrogens with one attached hydrogen (secondary N) is 1. The van der Waals surface area contributed by atoms with Gasteiger partial charge in [-0.1, -0.05) is 0 Å². The van der Waals surface area contributed by atoms with E-state index in [9.17, 15) is 17.6 Å². The minimum absolute atomic E-state index is 0.0676. The van der Waals surface area contributed by atoms with Gasteiger partial charge in [-0.15, -0.1) is 0 Å². The number of sulfonamides is 1. The standard InChI is InChI=1S/C17H25FN2O5S/c1-24-10-4-8-19-17(21)13-5-3-9-20(12-13)26(22,23)16-11-14(18)6-7-15(16)25-2/h6-7,11,13H,3-5,8-10,12H2,1-2H3,(H,19,21)/t13-/m0/s1. The van der Waals surface area contributed by atoms with Crippen molar-refractivity contribution in [3.05, 3.63) is 24.0 Å². The molecule has 146 valence electrons. The summed E-state index contributed by atoms with van der Waals surface area (Å²) in [5, 5.41) is 2.81. The fourth-order valence-electron chi connectivity index (χ4n) is 2.94. The minimum atomic E-state index is -3.95. The summed E-state index contributed by atoms with van der Waals surface area (Å²) in [6, 6.07) is 3.37. The van der Waals surface area contributed by atoms with Gasteiger partial charge in [0.2, 0.25) is 15.9 Å². The Kier molecular flexibility index (Phi) is 7.36. The quantitative estimate of drug-likeness (QED) is 0.681. The van der Waals surface area contributed by atoms with Crippen molar-refractivity contribution in [3.63, 3.8) is 0 Å². The molecule has 0 bridgehead atoms. The van der Waals surface area contributed by atoms with E-state index in [4.69, 9.17) is 9.47 Å². The van der Waals surface area contributed by atoms with Crippen LogP contribution in [0.2, 0.25) is 0 Å². The number of methoxy groups -OCH3 is 2. The van der Waals surface area contributed by atoms with E-state index in [2.05, 4.69) is 5.32 Å².